The average molecular weight is 737 g/mol. The summed E-state index contributed by atoms with van der Waals surface area (Å²) in [7, 11) is 0. The zero-order valence-electron chi connectivity index (χ0n) is 24.9. The van der Waals surface area contributed by atoms with Crippen LogP contribution in [0.3, 0.4) is 0 Å². The van der Waals surface area contributed by atoms with Gasteiger partial charge in [0.15, 0.2) is 0 Å². The molecule has 8 rings (SSSR count). The standard InChI is InChI=1S/C24H18N3.C14H14N.Ir/c1-16(2)25-12-13-26(15-25)17-10-11-19-21-8-5-7-20-18-6-3-4-9-22(18)27(24(20)21)23(19)14-17;1-10-4-6-13(7-5-10)14-8-11(2)12(3)9-15-14;/h3-9,11-14,16H,1-2H3;4-6,8-9H,1-3H3;/q2*-1;+3. The Morgan fingerprint density at radius 3 is 2.26 bits per heavy atom. The minimum atomic E-state index is 0. The number of para-hydroxylation sites is 2. The molecule has 0 atom stereocenters. The van der Waals surface area contributed by atoms with Crippen LogP contribution in [0.1, 0.15) is 36.6 Å². The molecule has 0 fully saturated rings. The van der Waals surface area contributed by atoms with Crippen LogP contribution in [-0.4, -0.2) is 14.0 Å². The fourth-order valence-corrected chi connectivity index (χ4v) is 5.68. The third-order valence-corrected chi connectivity index (χ3v) is 8.17. The number of hydrogen-bond donors (Lipinski definition) is 0. The Hall–Kier alpha value is -4.31. The third kappa shape index (κ3) is 5.03. The van der Waals surface area contributed by atoms with E-state index in [1.54, 1.807) is 0 Å². The van der Waals surface area contributed by atoms with Crippen molar-refractivity contribution in [1.29, 1.82) is 0 Å². The van der Waals surface area contributed by atoms with Gasteiger partial charge in [-0.25, -0.2) is 0 Å². The van der Waals surface area contributed by atoms with Crippen molar-refractivity contribution in [3.63, 3.8) is 0 Å². The summed E-state index contributed by atoms with van der Waals surface area (Å²) in [6.07, 6.45) is 9.41. The molecule has 0 spiro atoms. The first-order valence-electron chi connectivity index (χ1n) is 14.4. The van der Waals surface area contributed by atoms with Gasteiger partial charge in [0.1, 0.15) is 0 Å². The topological polar surface area (TPSA) is 26.1 Å². The quantitative estimate of drug-likeness (QED) is 0.132. The number of imidazole rings is 1. The van der Waals surface area contributed by atoms with Crippen LogP contribution >= 0.6 is 0 Å². The van der Waals surface area contributed by atoms with E-state index in [0.717, 1.165) is 16.9 Å². The molecule has 4 heterocycles. The second kappa shape index (κ2) is 11.4. The second-order valence-corrected chi connectivity index (χ2v) is 11.4. The monoisotopic (exact) mass is 737 g/mol. The molecule has 8 aromatic rings. The number of fused-ring (bicyclic) bond motifs is 6. The van der Waals surface area contributed by atoms with Crippen molar-refractivity contribution in [2.24, 2.45) is 0 Å². The maximum Gasteiger partial charge on any atom is 3.00 e. The van der Waals surface area contributed by atoms with Gasteiger partial charge in [0, 0.05) is 34.9 Å². The smallest absolute Gasteiger partial charge is 0.348 e. The normalized spacial score (nSPS) is 11.4. The van der Waals surface area contributed by atoms with E-state index < -0.39 is 0 Å². The number of rotatable bonds is 3. The summed E-state index contributed by atoms with van der Waals surface area (Å²) in [5.74, 6) is 0. The van der Waals surface area contributed by atoms with E-state index in [-0.39, 0.29) is 20.1 Å². The molecule has 212 valence electrons. The summed E-state index contributed by atoms with van der Waals surface area (Å²) in [4.78, 5) is 4.41. The summed E-state index contributed by atoms with van der Waals surface area (Å²) in [6, 6.07) is 34.9. The van der Waals surface area contributed by atoms with E-state index >= 15 is 0 Å². The summed E-state index contributed by atoms with van der Waals surface area (Å²) in [5, 5.41) is 5.15. The predicted molar refractivity (Wildman–Crippen MR) is 171 cm³/mol. The Labute approximate surface area is 265 Å². The molecule has 0 unspecified atom stereocenters. The van der Waals surface area contributed by atoms with Crippen molar-refractivity contribution in [3.8, 4) is 16.9 Å². The van der Waals surface area contributed by atoms with Crippen LogP contribution in [0, 0.1) is 39.2 Å². The molecule has 0 radical (unpaired) electrons. The van der Waals surface area contributed by atoms with Gasteiger partial charge in [-0.05, 0) is 50.4 Å². The van der Waals surface area contributed by atoms with Gasteiger partial charge < -0.3 is 18.5 Å². The van der Waals surface area contributed by atoms with Crippen molar-refractivity contribution in [1.82, 2.24) is 14.0 Å². The van der Waals surface area contributed by atoms with Gasteiger partial charge in [-0.1, -0.05) is 66.2 Å². The van der Waals surface area contributed by atoms with E-state index in [1.165, 1.54) is 54.8 Å². The molecule has 4 nitrogen and oxygen atoms in total. The van der Waals surface area contributed by atoms with Crippen LogP contribution in [0.15, 0.2) is 97.5 Å². The molecule has 0 aliphatic rings. The maximum absolute atomic E-state index is 4.41. The summed E-state index contributed by atoms with van der Waals surface area (Å²) >= 11 is 0. The zero-order valence-corrected chi connectivity index (χ0v) is 27.3. The molecule has 4 aromatic carbocycles. The molecule has 4 aromatic heterocycles. The summed E-state index contributed by atoms with van der Waals surface area (Å²) in [5.41, 5.74) is 10.6. The number of pyridine rings is 1. The summed E-state index contributed by atoms with van der Waals surface area (Å²) in [6.45, 7) is 10.6. The SMILES string of the molecule is CC(C)[n+]1[c-]n(-c2[c-]cc3c4cccc5c6ccccc6n(c3c2)c54)cc1.Cc1c[c-]c(-c2cc(C)c(C)cn2)cc1.[Ir+3]. The van der Waals surface area contributed by atoms with Crippen molar-refractivity contribution in [3.05, 3.63) is 133 Å². The minimum Gasteiger partial charge on any atom is -0.348 e. The summed E-state index contributed by atoms with van der Waals surface area (Å²) < 4.78 is 6.50. The van der Waals surface area contributed by atoms with Crippen LogP contribution in [-0.2, 0) is 20.1 Å². The van der Waals surface area contributed by atoms with Gasteiger partial charge in [0.2, 0.25) is 6.33 Å². The molecule has 0 bridgehead atoms. The molecule has 5 heteroatoms. The molecule has 0 amide bonds. The molecule has 0 aliphatic heterocycles. The van der Waals surface area contributed by atoms with E-state index in [9.17, 15) is 0 Å². The van der Waals surface area contributed by atoms with Crippen LogP contribution in [0.5, 0.6) is 0 Å². The molecule has 43 heavy (non-hydrogen) atoms. The maximum atomic E-state index is 4.41. The number of aromatic nitrogens is 4. The Balaban J connectivity index is 0.000000176. The Morgan fingerprint density at radius 1 is 0.767 bits per heavy atom. The second-order valence-electron chi connectivity index (χ2n) is 11.4. The minimum absolute atomic E-state index is 0. The number of nitrogens with zero attached hydrogens (tertiary/aromatic N) is 4. The first-order chi connectivity index (χ1) is 20.4. The van der Waals surface area contributed by atoms with Crippen LogP contribution in [0.2, 0.25) is 0 Å². The number of hydrogen-bond acceptors (Lipinski definition) is 1. The molecular weight excluding hydrogens is 705 g/mol. The van der Waals surface area contributed by atoms with E-state index in [2.05, 4.69) is 146 Å². The molecule has 0 N–H and O–H groups in total. The van der Waals surface area contributed by atoms with Crippen molar-refractivity contribution >= 4 is 38.1 Å². The van der Waals surface area contributed by atoms with Crippen molar-refractivity contribution < 1.29 is 24.7 Å². The van der Waals surface area contributed by atoms with E-state index in [1.807, 2.05) is 23.0 Å². The third-order valence-electron chi connectivity index (χ3n) is 8.17. The molecular formula is C38H32IrN4+. The first-order valence-corrected chi connectivity index (χ1v) is 14.4. The number of aryl methyl sites for hydroxylation is 3. The van der Waals surface area contributed by atoms with Gasteiger partial charge >= 0.3 is 20.1 Å². The van der Waals surface area contributed by atoms with Crippen LogP contribution in [0.4, 0.5) is 0 Å². The van der Waals surface area contributed by atoms with Gasteiger partial charge in [-0.3, -0.25) is 0 Å². The Bertz CT molecular complexity index is 2200. The fourth-order valence-electron chi connectivity index (χ4n) is 5.68. The predicted octanol–water partition coefficient (Wildman–Crippen LogP) is 8.57. The average Bonchev–Trinajstić information content (AvgIpc) is 3.71. The molecule has 0 aliphatic carbocycles. The van der Waals surface area contributed by atoms with Crippen LogP contribution < -0.4 is 4.57 Å². The Morgan fingerprint density at radius 2 is 1.53 bits per heavy atom. The Kier molecular flexibility index (Phi) is 7.64. The number of benzene rings is 4. The van der Waals surface area contributed by atoms with E-state index in [0.29, 0.717) is 6.04 Å². The van der Waals surface area contributed by atoms with Gasteiger partial charge in [-0.15, -0.1) is 46.8 Å². The zero-order chi connectivity index (χ0) is 29.0. The van der Waals surface area contributed by atoms with Gasteiger partial charge in [0.25, 0.3) is 0 Å². The van der Waals surface area contributed by atoms with E-state index in [4.69, 9.17) is 0 Å². The van der Waals surface area contributed by atoms with Crippen molar-refractivity contribution in [2.45, 2.75) is 40.7 Å². The van der Waals surface area contributed by atoms with Crippen LogP contribution in [0.25, 0.3) is 55.0 Å². The van der Waals surface area contributed by atoms with Gasteiger partial charge in [-0.2, -0.15) is 12.1 Å². The first kappa shape index (κ1) is 28.8. The largest absolute Gasteiger partial charge is 3.00 e. The van der Waals surface area contributed by atoms with Crippen molar-refractivity contribution in [2.75, 3.05) is 0 Å². The van der Waals surface area contributed by atoms with Gasteiger partial charge in [0.05, 0.1) is 11.6 Å². The molecule has 0 saturated heterocycles. The molecule has 0 saturated carbocycles. The fraction of sp³-hybridized carbons (Fsp3) is 0.158.